The fourth-order valence-corrected chi connectivity index (χ4v) is 1.97. The Morgan fingerprint density at radius 3 is 2.95 bits per heavy atom. The molecule has 2 rings (SSSR count). The molecule has 102 valence electrons. The second-order valence-electron chi connectivity index (χ2n) is 4.77. The number of rotatable bonds is 5. The van der Waals surface area contributed by atoms with Crippen LogP contribution in [-0.4, -0.2) is 41.0 Å². The monoisotopic (exact) mass is 261 g/mol. The van der Waals surface area contributed by atoms with Gasteiger partial charge in [-0.25, -0.2) is 4.98 Å². The molecule has 2 aromatic rings. The zero-order valence-electron chi connectivity index (χ0n) is 11.6. The zero-order chi connectivity index (χ0) is 13.8. The van der Waals surface area contributed by atoms with Crippen LogP contribution in [0, 0.1) is 6.92 Å². The van der Waals surface area contributed by atoms with E-state index in [4.69, 9.17) is 0 Å². The molecule has 0 spiro atoms. The van der Waals surface area contributed by atoms with Crippen LogP contribution in [0.2, 0.25) is 0 Å². The number of methoxy groups -OCH3 is 1. The predicted octanol–water partition coefficient (Wildman–Crippen LogP) is 1.64. The molecule has 0 radical (unpaired) electrons. The van der Waals surface area contributed by atoms with E-state index in [1.807, 2.05) is 29.8 Å². The maximum atomic E-state index is 11.1. The molecule has 19 heavy (non-hydrogen) atoms. The standard InChI is InChI=1S/C14H19N3O2/c1-11-4-5-13-15-12(10-17(13)8-11)9-16(2)7-6-14(18)19-3/h4-5,8,10H,6-7,9H2,1-3H3. The maximum absolute atomic E-state index is 11.1. The number of hydrogen-bond donors (Lipinski definition) is 0. The topological polar surface area (TPSA) is 46.8 Å². The SMILES string of the molecule is COC(=O)CCN(C)Cc1cn2cc(C)ccc2n1. The van der Waals surface area contributed by atoms with Crippen molar-refractivity contribution < 1.29 is 9.53 Å². The molecule has 5 nitrogen and oxygen atoms in total. The fraction of sp³-hybridized carbons (Fsp3) is 0.429. The summed E-state index contributed by atoms with van der Waals surface area (Å²) in [4.78, 5) is 17.7. The van der Waals surface area contributed by atoms with Crippen LogP contribution in [0.5, 0.6) is 0 Å². The fourth-order valence-electron chi connectivity index (χ4n) is 1.97. The van der Waals surface area contributed by atoms with Gasteiger partial charge in [0.15, 0.2) is 0 Å². The quantitative estimate of drug-likeness (QED) is 0.768. The first-order valence-corrected chi connectivity index (χ1v) is 6.28. The van der Waals surface area contributed by atoms with Gasteiger partial charge in [-0.2, -0.15) is 0 Å². The van der Waals surface area contributed by atoms with Gasteiger partial charge in [0.05, 0.1) is 19.2 Å². The average molecular weight is 261 g/mol. The van der Waals surface area contributed by atoms with Crippen molar-refractivity contribution in [1.82, 2.24) is 14.3 Å². The van der Waals surface area contributed by atoms with Crippen molar-refractivity contribution in [3.63, 3.8) is 0 Å². The van der Waals surface area contributed by atoms with Crippen molar-refractivity contribution in [2.75, 3.05) is 20.7 Å². The Labute approximate surface area is 112 Å². The third-order valence-electron chi connectivity index (χ3n) is 3.01. The molecule has 0 amide bonds. The average Bonchev–Trinajstić information content (AvgIpc) is 2.77. The van der Waals surface area contributed by atoms with Gasteiger partial charge in [-0.05, 0) is 25.6 Å². The van der Waals surface area contributed by atoms with Crippen molar-refractivity contribution in [2.24, 2.45) is 0 Å². The smallest absolute Gasteiger partial charge is 0.306 e. The second-order valence-corrected chi connectivity index (χ2v) is 4.77. The van der Waals surface area contributed by atoms with Gasteiger partial charge in [0, 0.05) is 25.5 Å². The minimum absolute atomic E-state index is 0.183. The van der Waals surface area contributed by atoms with E-state index < -0.39 is 0 Å². The summed E-state index contributed by atoms with van der Waals surface area (Å²) in [7, 11) is 3.38. The third-order valence-corrected chi connectivity index (χ3v) is 3.01. The van der Waals surface area contributed by atoms with Gasteiger partial charge in [-0.1, -0.05) is 6.07 Å². The lowest BCUT2D eigenvalue weighted by Crippen LogP contribution is -2.22. The van der Waals surface area contributed by atoms with Crippen molar-refractivity contribution in [3.8, 4) is 0 Å². The molecule has 0 bridgehead atoms. The summed E-state index contributed by atoms with van der Waals surface area (Å²) >= 11 is 0. The highest BCUT2D eigenvalue weighted by Crippen LogP contribution is 2.09. The van der Waals surface area contributed by atoms with Crippen LogP contribution in [0.25, 0.3) is 5.65 Å². The largest absolute Gasteiger partial charge is 0.469 e. The minimum Gasteiger partial charge on any atom is -0.469 e. The molecule has 0 N–H and O–H groups in total. The molecule has 0 aliphatic carbocycles. The van der Waals surface area contributed by atoms with Crippen molar-refractivity contribution >= 4 is 11.6 Å². The Balaban J connectivity index is 1.98. The summed E-state index contributed by atoms with van der Waals surface area (Å²) in [6, 6.07) is 4.06. The van der Waals surface area contributed by atoms with Crippen LogP contribution in [-0.2, 0) is 16.1 Å². The summed E-state index contributed by atoms with van der Waals surface area (Å²) < 4.78 is 6.65. The summed E-state index contributed by atoms with van der Waals surface area (Å²) in [5, 5.41) is 0. The summed E-state index contributed by atoms with van der Waals surface area (Å²) in [6.07, 6.45) is 4.48. The molecule has 0 fully saturated rings. The van der Waals surface area contributed by atoms with E-state index in [9.17, 15) is 4.79 Å². The summed E-state index contributed by atoms with van der Waals surface area (Å²) in [5.74, 6) is -0.183. The molecular weight excluding hydrogens is 242 g/mol. The van der Waals surface area contributed by atoms with Crippen molar-refractivity contribution in [3.05, 3.63) is 35.8 Å². The Bertz CT molecular complexity index is 577. The number of hydrogen-bond acceptors (Lipinski definition) is 4. The Morgan fingerprint density at radius 2 is 2.21 bits per heavy atom. The van der Waals surface area contributed by atoms with Gasteiger partial charge in [-0.3, -0.25) is 9.69 Å². The second kappa shape index (κ2) is 5.84. The Kier molecular flexibility index (Phi) is 4.16. The lowest BCUT2D eigenvalue weighted by molar-refractivity contribution is -0.140. The number of imidazole rings is 1. The van der Waals surface area contributed by atoms with E-state index in [0.29, 0.717) is 13.0 Å². The number of fused-ring (bicyclic) bond motifs is 1. The van der Waals surface area contributed by atoms with Gasteiger partial charge in [0.25, 0.3) is 0 Å². The van der Waals surface area contributed by atoms with Crippen LogP contribution in [0.4, 0.5) is 0 Å². The molecule has 0 atom stereocenters. The number of carbonyl (C=O) groups excluding carboxylic acids is 1. The molecule has 0 aromatic carbocycles. The van der Waals surface area contributed by atoms with E-state index in [1.54, 1.807) is 0 Å². The number of aromatic nitrogens is 2. The normalized spacial score (nSPS) is 11.2. The Morgan fingerprint density at radius 1 is 1.42 bits per heavy atom. The lowest BCUT2D eigenvalue weighted by Gasteiger charge is -2.13. The van der Waals surface area contributed by atoms with Crippen LogP contribution in [0.1, 0.15) is 17.7 Å². The molecular formula is C14H19N3O2. The van der Waals surface area contributed by atoms with Gasteiger partial charge >= 0.3 is 5.97 Å². The molecule has 0 unspecified atom stereocenters. The van der Waals surface area contributed by atoms with Crippen LogP contribution >= 0.6 is 0 Å². The van der Waals surface area contributed by atoms with Gasteiger partial charge in [0.1, 0.15) is 5.65 Å². The van der Waals surface area contributed by atoms with Gasteiger partial charge < -0.3 is 9.14 Å². The van der Waals surface area contributed by atoms with E-state index >= 15 is 0 Å². The van der Waals surface area contributed by atoms with Crippen molar-refractivity contribution in [2.45, 2.75) is 19.9 Å². The van der Waals surface area contributed by atoms with Crippen LogP contribution < -0.4 is 0 Å². The number of carbonyl (C=O) groups is 1. The first kappa shape index (κ1) is 13.5. The molecule has 2 aromatic heterocycles. The number of ether oxygens (including phenoxy) is 1. The minimum atomic E-state index is -0.183. The number of nitrogens with zero attached hydrogens (tertiary/aromatic N) is 3. The zero-order valence-corrected chi connectivity index (χ0v) is 11.6. The van der Waals surface area contributed by atoms with Gasteiger partial charge in [-0.15, -0.1) is 0 Å². The molecule has 5 heteroatoms. The van der Waals surface area contributed by atoms with Crippen molar-refractivity contribution in [1.29, 1.82) is 0 Å². The van der Waals surface area contributed by atoms with Crippen LogP contribution in [0.15, 0.2) is 24.5 Å². The third kappa shape index (κ3) is 3.54. The van der Waals surface area contributed by atoms with E-state index in [-0.39, 0.29) is 5.97 Å². The predicted molar refractivity (Wildman–Crippen MR) is 72.9 cm³/mol. The number of aryl methyl sites for hydroxylation is 1. The summed E-state index contributed by atoms with van der Waals surface area (Å²) in [6.45, 7) is 3.44. The Hall–Kier alpha value is -1.88. The first-order chi connectivity index (χ1) is 9.08. The van der Waals surface area contributed by atoms with E-state index in [1.165, 1.54) is 12.7 Å². The molecule has 0 saturated heterocycles. The molecule has 0 saturated carbocycles. The maximum Gasteiger partial charge on any atom is 0.306 e. The highest BCUT2D eigenvalue weighted by atomic mass is 16.5. The number of pyridine rings is 1. The highest BCUT2D eigenvalue weighted by molar-refractivity contribution is 5.69. The molecule has 0 aliphatic rings. The molecule has 2 heterocycles. The first-order valence-electron chi connectivity index (χ1n) is 6.28. The van der Waals surface area contributed by atoms with E-state index in [2.05, 4.69) is 27.7 Å². The lowest BCUT2D eigenvalue weighted by atomic mass is 10.3. The van der Waals surface area contributed by atoms with Crippen LogP contribution in [0.3, 0.4) is 0 Å². The highest BCUT2D eigenvalue weighted by Gasteiger charge is 2.07. The number of esters is 1. The summed E-state index contributed by atoms with van der Waals surface area (Å²) in [5.41, 5.74) is 3.15. The van der Waals surface area contributed by atoms with E-state index in [0.717, 1.165) is 17.9 Å². The van der Waals surface area contributed by atoms with Gasteiger partial charge in [0.2, 0.25) is 0 Å². The molecule has 0 aliphatic heterocycles.